The molecule has 2 saturated heterocycles. The lowest BCUT2D eigenvalue weighted by Gasteiger charge is -2.30. The second-order valence-electron chi connectivity index (χ2n) is 7.25. The number of ether oxygens (including phenoxy) is 2. The summed E-state index contributed by atoms with van der Waals surface area (Å²) >= 11 is 0. The van der Waals surface area contributed by atoms with Gasteiger partial charge in [-0.05, 0) is 17.7 Å². The van der Waals surface area contributed by atoms with Gasteiger partial charge in [0.05, 0.1) is 32.0 Å². The molecule has 7 nitrogen and oxygen atoms in total. The van der Waals surface area contributed by atoms with Crippen LogP contribution in [0.5, 0.6) is 0 Å². The van der Waals surface area contributed by atoms with Crippen LogP contribution < -0.4 is 15.5 Å². The van der Waals surface area contributed by atoms with E-state index in [1.807, 2.05) is 4.90 Å². The van der Waals surface area contributed by atoms with Gasteiger partial charge in [-0.2, -0.15) is 13.2 Å². The van der Waals surface area contributed by atoms with Gasteiger partial charge in [0.2, 0.25) is 0 Å². The third kappa shape index (κ3) is 7.95. The molecule has 1 aromatic carbocycles. The van der Waals surface area contributed by atoms with Gasteiger partial charge in [0.15, 0.2) is 5.96 Å². The number of alkyl halides is 3. The number of hydrogen-bond acceptors (Lipinski definition) is 5. The lowest BCUT2D eigenvalue weighted by atomic mass is 10.0. The van der Waals surface area contributed by atoms with Crippen LogP contribution in [-0.4, -0.2) is 83.6 Å². The third-order valence-electron chi connectivity index (χ3n) is 5.27. The minimum atomic E-state index is -4.42. The molecule has 0 radical (unpaired) electrons. The van der Waals surface area contributed by atoms with Crippen LogP contribution in [0.4, 0.5) is 18.9 Å². The number of aliphatic imine (C=N–C) groups is 1. The predicted octanol–water partition coefficient (Wildman–Crippen LogP) is 2.16. The maximum atomic E-state index is 13.7. The molecule has 0 bridgehead atoms. The fourth-order valence-electron chi connectivity index (χ4n) is 3.56. The molecule has 0 unspecified atom stereocenters. The van der Waals surface area contributed by atoms with Gasteiger partial charge < -0.3 is 25.0 Å². The van der Waals surface area contributed by atoms with Crippen molar-refractivity contribution in [3.63, 3.8) is 0 Å². The van der Waals surface area contributed by atoms with Crippen LogP contribution in [0.3, 0.4) is 0 Å². The monoisotopic (exact) mass is 557 g/mol. The van der Waals surface area contributed by atoms with E-state index in [1.165, 1.54) is 6.07 Å². The molecule has 3 rings (SSSR count). The Morgan fingerprint density at radius 1 is 1.03 bits per heavy atom. The fourth-order valence-corrected chi connectivity index (χ4v) is 3.56. The van der Waals surface area contributed by atoms with Crippen LogP contribution in [-0.2, 0) is 22.2 Å². The molecular formula is C20H31F3IN5O2. The topological polar surface area (TPSA) is 61.4 Å². The molecule has 0 aromatic heterocycles. The van der Waals surface area contributed by atoms with Gasteiger partial charge in [0.25, 0.3) is 0 Å². The van der Waals surface area contributed by atoms with Crippen LogP contribution in [0.25, 0.3) is 0 Å². The number of anilines is 1. The summed E-state index contributed by atoms with van der Waals surface area (Å²) < 4.78 is 51.6. The summed E-state index contributed by atoms with van der Waals surface area (Å²) in [5.41, 5.74) is 0.140. The zero-order valence-corrected chi connectivity index (χ0v) is 20.0. The summed E-state index contributed by atoms with van der Waals surface area (Å²) in [6.45, 7) is 6.98. The second-order valence-corrected chi connectivity index (χ2v) is 7.25. The van der Waals surface area contributed by atoms with E-state index in [1.54, 1.807) is 19.2 Å². The Kier molecular flexibility index (Phi) is 10.6. The minimum absolute atomic E-state index is 0. The van der Waals surface area contributed by atoms with Gasteiger partial charge in [-0.1, -0.05) is 6.07 Å². The summed E-state index contributed by atoms with van der Waals surface area (Å²) in [7, 11) is 1.61. The first-order valence-electron chi connectivity index (χ1n) is 10.2. The van der Waals surface area contributed by atoms with Crippen molar-refractivity contribution in [3.8, 4) is 0 Å². The zero-order valence-electron chi connectivity index (χ0n) is 17.7. The van der Waals surface area contributed by atoms with Crippen molar-refractivity contribution < 1.29 is 22.6 Å². The molecule has 2 heterocycles. The highest BCUT2D eigenvalue weighted by atomic mass is 127. The molecule has 176 valence electrons. The van der Waals surface area contributed by atoms with Gasteiger partial charge in [-0.25, -0.2) is 0 Å². The summed E-state index contributed by atoms with van der Waals surface area (Å²) in [6, 6.07) is 4.52. The molecule has 0 atom stereocenters. The highest BCUT2D eigenvalue weighted by molar-refractivity contribution is 14.0. The van der Waals surface area contributed by atoms with E-state index < -0.39 is 11.7 Å². The van der Waals surface area contributed by atoms with Gasteiger partial charge in [0, 0.05) is 58.5 Å². The summed E-state index contributed by atoms with van der Waals surface area (Å²) in [5.74, 6) is 0.480. The number of benzene rings is 1. The van der Waals surface area contributed by atoms with Crippen LogP contribution in [0.2, 0.25) is 0 Å². The van der Waals surface area contributed by atoms with Crippen molar-refractivity contribution in [1.82, 2.24) is 15.5 Å². The first kappa shape index (κ1) is 25.9. The first-order valence-corrected chi connectivity index (χ1v) is 10.2. The number of morpholine rings is 2. The molecule has 0 saturated carbocycles. The number of rotatable bonds is 6. The number of hydrogen-bond donors (Lipinski definition) is 2. The Labute approximate surface area is 198 Å². The van der Waals surface area contributed by atoms with Crippen molar-refractivity contribution in [3.05, 3.63) is 29.3 Å². The van der Waals surface area contributed by atoms with Gasteiger partial charge in [-0.3, -0.25) is 9.89 Å². The minimum Gasteiger partial charge on any atom is -0.379 e. The van der Waals surface area contributed by atoms with Crippen molar-refractivity contribution in [2.75, 3.05) is 77.6 Å². The van der Waals surface area contributed by atoms with Gasteiger partial charge in [-0.15, -0.1) is 24.0 Å². The Morgan fingerprint density at radius 2 is 1.68 bits per heavy atom. The highest BCUT2D eigenvalue weighted by Gasteiger charge is 2.34. The lowest BCUT2D eigenvalue weighted by molar-refractivity contribution is -0.138. The standard InChI is InChI=1S/C20H30F3N5O2.HI/c1-24-19(25-4-5-27-6-10-29-11-7-27)26-15-16-2-3-17(14-18(16)20(21,22)23)28-8-12-30-13-9-28;/h2-3,14H,4-13,15H2,1H3,(H2,24,25,26);1H. The van der Waals surface area contributed by atoms with Gasteiger partial charge >= 0.3 is 6.18 Å². The van der Waals surface area contributed by atoms with Crippen molar-refractivity contribution in [1.29, 1.82) is 0 Å². The molecule has 0 amide bonds. The maximum absolute atomic E-state index is 13.7. The van der Waals surface area contributed by atoms with Crippen LogP contribution in [0.1, 0.15) is 11.1 Å². The Hall–Kier alpha value is -1.31. The normalized spacial score (nSPS) is 18.5. The van der Waals surface area contributed by atoms with E-state index in [-0.39, 0.29) is 36.1 Å². The number of nitrogens with zero attached hydrogens (tertiary/aromatic N) is 3. The van der Waals surface area contributed by atoms with Crippen molar-refractivity contribution >= 4 is 35.6 Å². The average Bonchev–Trinajstić information content (AvgIpc) is 2.76. The van der Waals surface area contributed by atoms with Crippen LogP contribution >= 0.6 is 24.0 Å². The molecule has 31 heavy (non-hydrogen) atoms. The van der Waals surface area contributed by atoms with Crippen LogP contribution in [0.15, 0.2) is 23.2 Å². The van der Waals surface area contributed by atoms with E-state index in [2.05, 4.69) is 20.5 Å². The van der Waals surface area contributed by atoms with E-state index in [0.717, 1.165) is 32.8 Å². The van der Waals surface area contributed by atoms with Crippen molar-refractivity contribution in [2.45, 2.75) is 12.7 Å². The zero-order chi connectivity index (χ0) is 21.4. The molecule has 11 heteroatoms. The van der Waals surface area contributed by atoms with Gasteiger partial charge in [0.1, 0.15) is 0 Å². The van der Waals surface area contributed by atoms with E-state index in [4.69, 9.17) is 9.47 Å². The van der Waals surface area contributed by atoms with E-state index >= 15 is 0 Å². The summed E-state index contributed by atoms with van der Waals surface area (Å²) in [4.78, 5) is 8.31. The Morgan fingerprint density at radius 3 is 2.29 bits per heavy atom. The third-order valence-corrected chi connectivity index (χ3v) is 5.27. The number of halogens is 4. The van der Waals surface area contributed by atoms with E-state index in [0.29, 0.717) is 44.5 Å². The molecule has 2 aliphatic heterocycles. The lowest BCUT2D eigenvalue weighted by Crippen LogP contribution is -2.44. The molecule has 0 aliphatic carbocycles. The number of guanidine groups is 1. The molecule has 1 aromatic rings. The molecule has 2 aliphatic rings. The van der Waals surface area contributed by atoms with E-state index in [9.17, 15) is 13.2 Å². The molecule has 2 N–H and O–H groups in total. The SMILES string of the molecule is CN=C(NCCN1CCOCC1)NCc1ccc(N2CCOCC2)cc1C(F)(F)F.I. The summed E-state index contributed by atoms with van der Waals surface area (Å²) in [6.07, 6.45) is -4.42. The fraction of sp³-hybridized carbons (Fsp3) is 0.650. The first-order chi connectivity index (χ1) is 14.5. The average molecular weight is 557 g/mol. The van der Waals surface area contributed by atoms with Crippen LogP contribution in [0, 0.1) is 0 Å². The Bertz CT molecular complexity index is 709. The largest absolute Gasteiger partial charge is 0.416 e. The molecule has 0 spiro atoms. The molecule has 2 fully saturated rings. The smallest absolute Gasteiger partial charge is 0.379 e. The number of nitrogens with one attached hydrogen (secondary N) is 2. The summed E-state index contributed by atoms with van der Waals surface area (Å²) in [5, 5.41) is 6.16. The predicted molar refractivity (Wildman–Crippen MR) is 125 cm³/mol. The second kappa shape index (κ2) is 12.7. The quantitative estimate of drug-likeness (QED) is 0.318. The van der Waals surface area contributed by atoms with Crippen molar-refractivity contribution in [2.24, 2.45) is 4.99 Å². The Balaban J connectivity index is 0.00000341. The molecular weight excluding hydrogens is 526 g/mol. The maximum Gasteiger partial charge on any atom is 0.416 e. The highest BCUT2D eigenvalue weighted by Crippen LogP contribution is 2.35.